The van der Waals surface area contributed by atoms with Crippen molar-refractivity contribution in [2.24, 2.45) is 0 Å². The molecule has 0 rings (SSSR count). The van der Waals surface area contributed by atoms with Gasteiger partial charge in [-0.25, -0.2) is 0 Å². The zero-order valence-electron chi connectivity index (χ0n) is 49.8. The monoisotopic (exact) mass is 1050 g/mol. The van der Waals surface area contributed by atoms with E-state index in [1.807, 2.05) is 0 Å². The van der Waals surface area contributed by atoms with Crippen molar-refractivity contribution in [2.45, 2.75) is 335 Å². The zero-order chi connectivity index (χ0) is 54.3. The number of hydrogen-bond donors (Lipinski definition) is 0. The van der Waals surface area contributed by atoms with Crippen LogP contribution >= 0.6 is 0 Å². The number of esters is 3. The second kappa shape index (κ2) is 63.4. The van der Waals surface area contributed by atoms with Gasteiger partial charge in [0.25, 0.3) is 0 Å². The Labute approximate surface area is 465 Å². The highest BCUT2D eigenvalue weighted by molar-refractivity contribution is 5.71. The molecule has 6 heteroatoms. The molecule has 0 amide bonds. The lowest BCUT2D eigenvalue weighted by atomic mass is 10.0. The first-order chi connectivity index (χ1) is 37.0. The fourth-order valence-electron chi connectivity index (χ4n) is 9.25. The van der Waals surface area contributed by atoms with Crippen LogP contribution in [0.25, 0.3) is 0 Å². The minimum Gasteiger partial charge on any atom is -0.462 e. The normalized spacial score (nSPS) is 12.5. The lowest BCUT2D eigenvalue weighted by molar-refractivity contribution is -0.167. The van der Waals surface area contributed by atoms with Crippen molar-refractivity contribution in [1.29, 1.82) is 0 Å². The SMILES string of the molecule is CCCCC/C=C\C/C=C\CCCCCCCCCCCC(=O)OC[C@H](COC(=O)CCCCCCCCCCCCC/C=C\CCCCCCCC)OC(=O)CCC/C=C\C/C=C\C/C=C\CCCCCCCC. The number of ether oxygens (including phenoxy) is 3. The molecule has 0 heterocycles. The van der Waals surface area contributed by atoms with Crippen molar-refractivity contribution in [3.63, 3.8) is 0 Å². The van der Waals surface area contributed by atoms with Gasteiger partial charge in [0.15, 0.2) is 6.10 Å². The van der Waals surface area contributed by atoms with E-state index in [0.717, 1.165) is 64.2 Å². The van der Waals surface area contributed by atoms with Crippen LogP contribution in [0.4, 0.5) is 0 Å². The average Bonchev–Trinajstić information content (AvgIpc) is 3.41. The molecule has 0 aliphatic carbocycles. The van der Waals surface area contributed by atoms with Crippen LogP contribution in [0.2, 0.25) is 0 Å². The summed E-state index contributed by atoms with van der Waals surface area (Å²) in [4.78, 5) is 38.3. The maximum atomic E-state index is 12.9. The fourth-order valence-corrected chi connectivity index (χ4v) is 9.25. The van der Waals surface area contributed by atoms with Crippen LogP contribution in [0.3, 0.4) is 0 Å². The summed E-state index contributed by atoms with van der Waals surface area (Å²) in [5.74, 6) is -0.939. The Bertz CT molecular complexity index is 1390. The summed E-state index contributed by atoms with van der Waals surface area (Å²) in [5.41, 5.74) is 0. The van der Waals surface area contributed by atoms with Gasteiger partial charge in [0.1, 0.15) is 13.2 Å². The van der Waals surface area contributed by atoms with E-state index in [9.17, 15) is 14.4 Å². The first kappa shape index (κ1) is 71.8. The highest BCUT2D eigenvalue weighted by Crippen LogP contribution is 2.16. The lowest BCUT2D eigenvalue weighted by Crippen LogP contribution is -2.30. The summed E-state index contributed by atoms with van der Waals surface area (Å²) >= 11 is 0. The molecular formula is C69H122O6. The first-order valence-electron chi connectivity index (χ1n) is 32.4. The molecule has 6 nitrogen and oxygen atoms in total. The van der Waals surface area contributed by atoms with Crippen LogP contribution in [-0.4, -0.2) is 37.2 Å². The molecule has 0 unspecified atom stereocenters. The number of carbonyl (C=O) groups excluding carboxylic acids is 3. The Balaban J connectivity index is 4.41. The Morgan fingerprint density at radius 3 is 0.827 bits per heavy atom. The average molecular weight is 1050 g/mol. The summed E-state index contributed by atoms with van der Waals surface area (Å²) in [7, 11) is 0. The van der Waals surface area contributed by atoms with Crippen molar-refractivity contribution >= 4 is 17.9 Å². The largest absolute Gasteiger partial charge is 0.462 e. The first-order valence-corrected chi connectivity index (χ1v) is 32.4. The van der Waals surface area contributed by atoms with Gasteiger partial charge in [-0.15, -0.1) is 0 Å². The standard InChI is InChI=1S/C69H122O6/c1-4-7-10-13-16-19-22-25-28-31-33-34-36-39-41-44-47-50-53-56-59-62-68(71)74-65-66(75-69(72)63-60-57-54-51-48-45-42-37-30-27-24-21-18-15-12-9-6-3)64-73-67(70)61-58-55-52-49-46-43-40-38-35-32-29-26-23-20-17-14-11-8-5-2/h17,20,25-30,42,45,51,54,66H,4-16,18-19,21-24,31-41,43-44,46-50,52-53,55-65H2,1-3H3/b20-17-,28-25-,29-26-,30-27-,45-42-,54-51-/t66-/m1/s1. The molecule has 0 aliphatic rings. The molecule has 0 N–H and O–H groups in total. The van der Waals surface area contributed by atoms with Crippen LogP contribution in [0, 0.1) is 0 Å². The van der Waals surface area contributed by atoms with E-state index in [1.165, 1.54) is 218 Å². The van der Waals surface area contributed by atoms with E-state index in [2.05, 4.69) is 93.7 Å². The molecule has 0 spiro atoms. The van der Waals surface area contributed by atoms with Crippen molar-refractivity contribution in [3.8, 4) is 0 Å². The Kier molecular flexibility index (Phi) is 60.7. The van der Waals surface area contributed by atoms with Gasteiger partial charge in [-0.1, -0.05) is 273 Å². The molecule has 434 valence electrons. The van der Waals surface area contributed by atoms with Gasteiger partial charge in [-0.05, 0) is 109 Å². The third-order valence-electron chi connectivity index (χ3n) is 14.2. The predicted octanol–water partition coefficient (Wildman–Crippen LogP) is 22.1. The Morgan fingerprint density at radius 2 is 0.493 bits per heavy atom. The summed E-state index contributed by atoms with van der Waals surface area (Å²) in [5, 5.41) is 0. The molecular weight excluding hydrogens is 925 g/mol. The van der Waals surface area contributed by atoms with E-state index < -0.39 is 6.10 Å². The third kappa shape index (κ3) is 61.6. The minimum absolute atomic E-state index is 0.0954. The van der Waals surface area contributed by atoms with E-state index >= 15 is 0 Å². The molecule has 0 fully saturated rings. The summed E-state index contributed by atoms with van der Waals surface area (Å²) in [6.45, 7) is 6.60. The molecule has 0 bridgehead atoms. The number of unbranched alkanes of at least 4 members (excludes halogenated alkanes) is 36. The molecule has 1 atom stereocenters. The smallest absolute Gasteiger partial charge is 0.306 e. The summed E-state index contributed by atoms with van der Waals surface area (Å²) in [6.07, 6.45) is 82.0. The van der Waals surface area contributed by atoms with Gasteiger partial charge in [-0.2, -0.15) is 0 Å². The fraction of sp³-hybridized carbons (Fsp3) is 0.783. The van der Waals surface area contributed by atoms with Crippen molar-refractivity contribution in [1.82, 2.24) is 0 Å². The van der Waals surface area contributed by atoms with Gasteiger partial charge >= 0.3 is 17.9 Å². The van der Waals surface area contributed by atoms with Crippen LogP contribution in [0.1, 0.15) is 329 Å². The Hall–Kier alpha value is -3.15. The highest BCUT2D eigenvalue weighted by atomic mass is 16.6. The van der Waals surface area contributed by atoms with Gasteiger partial charge in [0.2, 0.25) is 0 Å². The summed E-state index contributed by atoms with van der Waals surface area (Å²) < 4.78 is 16.9. The molecule has 0 aromatic carbocycles. The van der Waals surface area contributed by atoms with Crippen molar-refractivity contribution in [3.05, 3.63) is 72.9 Å². The van der Waals surface area contributed by atoms with E-state index in [-0.39, 0.29) is 37.5 Å². The molecule has 75 heavy (non-hydrogen) atoms. The van der Waals surface area contributed by atoms with Gasteiger partial charge in [-0.3, -0.25) is 14.4 Å². The topological polar surface area (TPSA) is 78.9 Å². The highest BCUT2D eigenvalue weighted by Gasteiger charge is 2.19. The number of carbonyl (C=O) groups is 3. The van der Waals surface area contributed by atoms with Crippen LogP contribution in [0.15, 0.2) is 72.9 Å². The van der Waals surface area contributed by atoms with Crippen molar-refractivity contribution in [2.75, 3.05) is 13.2 Å². The second-order valence-corrected chi connectivity index (χ2v) is 21.7. The van der Waals surface area contributed by atoms with Gasteiger partial charge in [0, 0.05) is 19.3 Å². The molecule has 0 aromatic rings. The van der Waals surface area contributed by atoms with E-state index in [1.54, 1.807) is 0 Å². The predicted molar refractivity (Wildman–Crippen MR) is 325 cm³/mol. The quantitative estimate of drug-likeness (QED) is 0.0261. The number of allylic oxidation sites excluding steroid dienone is 12. The van der Waals surface area contributed by atoms with Gasteiger partial charge in [0.05, 0.1) is 0 Å². The second-order valence-electron chi connectivity index (χ2n) is 21.7. The zero-order valence-corrected chi connectivity index (χ0v) is 49.8. The van der Waals surface area contributed by atoms with E-state index in [4.69, 9.17) is 14.2 Å². The van der Waals surface area contributed by atoms with Crippen LogP contribution in [0.5, 0.6) is 0 Å². The molecule has 0 aliphatic heterocycles. The number of hydrogen-bond acceptors (Lipinski definition) is 6. The summed E-state index contributed by atoms with van der Waals surface area (Å²) in [6, 6.07) is 0. The minimum atomic E-state index is -0.805. The maximum Gasteiger partial charge on any atom is 0.306 e. The molecule has 0 saturated heterocycles. The Morgan fingerprint density at radius 1 is 0.267 bits per heavy atom. The maximum absolute atomic E-state index is 12.9. The number of rotatable bonds is 59. The van der Waals surface area contributed by atoms with E-state index in [0.29, 0.717) is 19.3 Å². The van der Waals surface area contributed by atoms with Crippen LogP contribution < -0.4 is 0 Å². The molecule has 0 radical (unpaired) electrons. The van der Waals surface area contributed by atoms with Crippen molar-refractivity contribution < 1.29 is 28.6 Å². The molecule has 0 aromatic heterocycles. The third-order valence-corrected chi connectivity index (χ3v) is 14.2. The van der Waals surface area contributed by atoms with Gasteiger partial charge < -0.3 is 14.2 Å². The molecule has 0 saturated carbocycles. The van der Waals surface area contributed by atoms with Crippen LogP contribution in [-0.2, 0) is 28.6 Å². The lowest BCUT2D eigenvalue weighted by Gasteiger charge is -2.18.